The zero-order valence-corrected chi connectivity index (χ0v) is 40.4. The van der Waals surface area contributed by atoms with Gasteiger partial charge in [-0.1, -0.05) is 212 Å². The van der Waals surface area contributed by atoms with Gasteiger partial charge in [0.25, 0.3) is 0 Å². The van der Waals surface area contributed by atoms with Crippen LogP contribution in [-0.2, 0) is 38.5 Å². The summed E-state index contributed by atoms with van der Waals surface area (Å²) in [6.45, 7) is 0. The fourth-order valence-corrected chi connectivity index (χ4v) is 9.77. The van der Waals surface area contributed by atoms with E-state index in [1.807, 2.05) is 24.4 Å². The monoisotopic (exact) mass is 925 g/mol. The highest BCUT2D eigenvalue weighted by atomic mass is 14.7. The Labute approximate surface area is 424 Å². The molecule has 0 aliphatic carbocycles. The average Bonchev–Trinajstić information content (AvgIpc) is 3.47. The minimum absolute atomic E-state index is 0.920. The van der Waals surface area contributed by atoms with Gasteiger partial charge in [0.05, 0.1) is 28.5 Å². The molecule has 0 aliphatic rings. The number of nitrogens with zero attached hydrogens (tertiary/aromatic N) is 3. The van der Waals surface area contributed by atoms with Crippen LogP contribution in [0.5, 0.6) is 0 Å². The predicted octanol–water partition coefficient (Wildman–Crippen LogP) is 16.9. The number of hydrogen-bond donors (Lipinski definition) is 0. The van der Waals surface area contributed by atoms with Gasteiger partial charge in [-0.3, -0.25) is 4.98 Å². The summed E-state index contributed by atoms with van der Waals surface area (Å²) in [6.07, 6.45) is 7.57. The summed E-state index contributed by atoms with van der Waals surface area (Å²) in [6, 6.07) is 91.4. The molecule has 0 fully saturated rings. The Kier molecular flexibility index (Phi) is 13.9. The minimum atomic E-state index is 0.920. The van der Waals surface area contributed by atoms with Crippen molar-refractivity contribution < 1.29 is 0 Å². The summed E-state index contributed by atoms with van der Waals surface area (Å²) in [7, 11) is 0. The second-order valence-electron chi connectivity index (χ2n) is 18.6. The Morgan fingerprint density at radius 2 is 0.583 bits per heavy atom. The SMILES string of the molecule is c1ccc(-c2ccc(-c3cc(-c4ccccn4)ccc3CCc3cc(CCc4ccc(-c5cccc(-c6ccccc6)n5)cc4)cc(CCc4ccc(-c5cccc(-c6ccccc6)n5)cc4)c3)cc2)cc1. The van der Waals surface area contributed by atoms with Crippen LogP contribution in [0.4, 0.5) is 0 Å². The topological polar surface area (TPSA) is 38.7 Å². The van der Waals surface area contributed by atoms with Crippen molar-refractivity contribution in [1.29, 1.82) is 0 Å². The van der Waals surface area contributed by atoms with Gasteiger partial charge in [-0.05, 0) is 137 Å². The number of aryl methyl sites for hydroxylation is 6. The van der Waals surface area contributed by atoms with E-state index < -0.39 is 0 Å². The molecule has 0 aliphatic heterocycles. The van der Waals surface area contributed by atoms with Gasteiger partial charge in [0, 0.05) is 34.0 Å². The highest BCUT2D eigenvalue weighted by molar-refractivity contribution is 5.77. The minimum Gasteiger partial charge on any atom is -0.256 e. The quantitative estimate of drug-likeness (QED) is 0.0969. The predicted molar refractivity (Wildman–Crippen MR) is 299 cm³/mol. The molecule has 3 heteroatoms. The van der Waals surface area contributed by atoms with Crippen LogP contribution in [0.15, 0.2) is 261 Å². The van der Waals surface area contributed by atoms with Gasteiger partial charge in [-0.25, -0.2) is 9.97 Å². The normalized spacial score (nSPS) is 11.1. The molecule has 0 spiro atoms. The molecule has 0 atom stereocenters. The highest BCUT2D eigenvalue weighted by Gasteiger charge is 2.13. The van der Waals surface area contributed by atoms with Crippen LogP contribution in [0, 0.1) is 0 Å². The molecule has 11 aromatic rings. The molecule has 346 valence electrons. The van der Waals surface area contributed by atoms with Crippen molar-refractivity contribution in [3.8, 4) is 78.5 Å². The number of rotatable bonds is 16. The van der Waals surface area contributed by atoms with Crippen LogP contribution >= 0.6 is 0 Å². The molecule has 3 heterocycles. The maximum Gasteiger partial charge on any atom is 0.0709 e. The third-order valence-electron chi connectivity index (χ3n) is 13.7. The molecule has 0 N–H and O–H groups in total. The second-order valence-corrected chi connectivity index (χ2v) is 18.6. The molecule has 11 rings (SSSR count). The van der Waals surface area contributed by atoms with Crippen molar-refractivity contribution >= 4 is 0 Å². The van der Waals surface area contributed by atoms with Crippen molar-refractivity contribution in [2.24, 2.45) is 0 Å². The van der Waals surface area contributed by atoms with Crippen LogP contribution in [0.25, 0.3) is 78.5 Å². The van der Waals surface area contributed by atoms with Crippen molar-refractivity contribution in [2.75, 3.05) is 0 Å². The van der Waals surface area contributed by atoms with E-state index in [-0.39, 0.29) is 0 Å². The maximum absolute atomic E-state index is 5.02. The largest absolute Gasteiger partial charge is 0.256 e. The molecule has 0 radical (unpaired) electrons. The van der Waals surface area contributed by atoms with E-state index in [9.17, 15) is 0 Å². The third-order valence-corrected chi connectivity index (χ3v) is 13.7. The molecule has 0 amide bonds. The first-order valence-corrected chi connectivity index (χ1v) is 25.2. The van der Waals surface area contributed by atoms with Gasteiger partial charge in [0.1, 0.15) is 0 Å². The van der Waals surface area contributed by atoms with E-state index in [4.69, 9.17) is 15.0 Å². The molecule has 8 aromatic carbocycles. The van der Waals surface area contributed by atoms with Gasteiger partial charge < -0.3 is 0 Å². The Morgan fingerprint density at radius 1 is 0.222 bits per heavy atom. The van der Waals surface area contributed by atoms with Crippen LogP contribution in [0.1, 0.15) is 33.4 Å². The molecule has 3 nitrogen and oxygen atoms in total. The van der Waals surface area contributed by atoms with Crippen LogP contribution in [0.3, 0.4) is 0 Å². The van der Waals surface area contributed by atoms with Crippen LogP contribution < -0.4 is 0 Å². The summed E-state index contributed by atoms with van der Waals surface area (Å²) in [5, 5.41) is 0. The van der Waals surface area contributed by atoms with E-state index in [1.54, 1.807) is 0 Å². The summed E-state index contributed by atoms with van der Waals surface area (Å²) in [5.41, 5.74) is 23.6. The Hall–Kier alpha value is -8.79. The van der Waals surface area contributed by atoms with Crippen molar-refractivity contribution in [1.82, 2.24) is 15.0 Å². The van der Waals surface area contributed by atoms with Gasteiger partial charge in [-0.15, -0.1) is 0 Å². The van der Waals surface area contributed by atoms with Gasteiger partial charge in [-0.2, -0.15) is 0 Å². The van der Waals surface area contributed by atoms with Gasteiger partial charge in [0.15, 0.2) is 0 Å². The number of hydrogen-bond acceptors (Lipinski definition) is 3. The first kappa shape index (κ1) is 45.6. The Morgan fingerprint density at radius 3 is 1.06 bits per heavy atom. The molecule has 0 unspecified atom stereocenters. The van der Waals surface area contributed by atoms with Gasteiger partial charge >= 0.3 is 0 Å². The number of aromatic nitrogens is 3. The van der Waals surface area contributed by atoms with E-state index in [2.05, 4.69) is 237 Å². The van der Waals surface area contributed by atoms with E-state index in [0.29, 0.717) is 0 Å². The maximum atomic E-state index is 5.02. The van der Waals surface area contributed by atoms with Crippen molar-refractivity contribution in [2.45, 2.75) is 38.5 Å². The summed E-state index contributed by atoms with van der Waals surface area (Å²) in [4.78, 5) is 14.7. The molecule has 72 heavy (non-hydrogen) atoms. The Balaban J connectivity index is 0.845. The number of benzene rings is 8. The standard InChI is InChI=1S/C69H55N3/c1-4-14-55(15-5-1)56-39-41-58(42-40-56)64-49-63(65-20-10-11-45-70-65)44-43-57(64)34-33-54-47-52(27-25-50-29-35-61(36-30-50)68-23-12-21-66(71-68)59-16-6-2-7-17-59)46-53(48-54)28-26-51-31-37-62(38-32-51)69-24-13-22-67(72-69)60-18-8-3-9-19-60/h1-24,29-32,35-49H,25-28,33-34H2. The van der Waals surface area contributed by atoms with Crippen molar-refractivity contribution in [3.05, 3.63) is 294 Å². The van der Waals surface area contributed by atoms with E-state index >= 15 is 0 Å². The molecule has 0 saturated carbocycles. The Bertz CT molecular complexity index is 3370. The fourth-order valence-electron chi connectivity index (χ4n) is 9.77. The molecule has 0 bridgehead atoms. The molecule has 0 saturated heterocycles. The van der Waals surface area contributed by atoms with Gasteiger partial charge in [0.2, 0.25) is 0 Å². The average molecular weight is 926 g/mol. The first-order valence-electron chi connectivity index (χ1n) is 25.2. The number of pyridine rings is 3. The summed E-state index contributed by atoms with van der Waals surface area (Å²) >= 11 is 0. The third kappa shape index (κ3) is 11.1. The van der Waals surface area contributed by atoms with E-state index in [1.165, 1.54) is 55.6 Å². The van der Waals surface area contributed by atoms with Crippen molar-refractivity contribution in [3.63, 3.8) is 0 Å². The van der Waals surface area contributed by atoms with E-state index in [0.717, 1.165) is 94.8 Å². The lowest BCUT2D eigenvalue weighted by atomic mass is 9.90. The second kappa shape index (κ2) is 21.9. The highest BCUT2D eigenvalue weighted by Crippen LogP contribution is 2.33. The zero-order chi connectivity index (χ0) is 48.3. The lowest BCUT2D eigenvalue weighted by molar-refractivity contribution is 0.904. The first-order chi connectivity index (χ1) is 35.6. The van der Waals surface area contributed by atoms with Crippen LogP contribution in [0.2, 0.25) is 0 Å². The zero-order valence-electron chi connectivity index (χ0n) is 40.4. The lowest BCUT2D eigenvalue weighted by Crippen LogP contribution is -2.01. The molecular weight excluding hydrogens is 871 g/mol. The van der Waals surface area contributed by atoms with Crippen LogP contribution in [-0.4, -0.2) is 15.0 Å². The lowest BCUT2D eigenvalue weighted by Gasteiger charge is -2.15. The summed E-state index contributed by atoms with van der Waals surface area (Å²) < 4.78 is 0. The molecule has 3 aromatic heterocycles. The smallest absolute Gasteiger partial charge is 0.0709 e. The summed E-state index contributed by atoms with van der Waals surface area (Å²) in [5.74, 6) is 0. The molecular formula is C69H55N3. The fraction of sp³-hybridized carbons (Fsp3) is 0.0870.